The molecule has 2 aromatic carbocycles. The van der Waals surface area contributed by atoms with Gasteiger partial charge in [0.25, 0.3) is 0 Å². The average molecular weight is 316 g/mol. The van der Waals surface area contributed by atoms with Gasteiger partial charge in [-0.1, -0.05) is 60.7 Å². The number of carbonyl (C=O) groups is 2. The second kappa shape index (κ2) is 5.66. The average Bonchev–Trinajstić information content (AvgIpc) is 3.19. The van der Waals surface area contributed by atoms with Gasteiger partial charge in [-0.2, -0.15) is 0 Å². The quantitative estimate of drug-likeness (QED) is 0.629. The molecule has 0 aliphatic carbocycles. The second-order valence-electron chi connectivity index (χ2n) is 5.36. The van der Waals surface area contributed by atoms with Crippen LogP contribution >= 0.6 is 0 Å². The van der Waals surface area contributed by atoms with Gasteiger partial charge in [-0.3, -0.25) is 0 Å². The Morgan fingerprint density at radius 1 is 0.542 bits per heavy atom. The first kappa shape index (κ1) is 14.2. The van der Waals surface area contributed by atoms with Crippen molar-refractivity contribution in [3.63, 3.8) is 0 Å². The highest BCUT2D eigenvalue weighted by Crippen LogP contribution is 2.33. The minimum atomic E-state index is -0.550. The lowest BCUT2D eigenvalue weighted by Crippen LogP contribution is -2.05. The van der Waals surface area contributed by atoms with Crippen LogP contribution in [0.2, 0.25) is 0 Å². The van der Waals surface area contributed by atoms with Crippen LogP contribution in [0.3, 0.4) is 0 Å². The molecule has 0 amide bonds. The van der Waals surface area contributed by atoms with Gasteiger partial charge in [-0.05, 0) is 12.2 Å². The van der Waals surface area contributed by atoms with Crippen molar-refractivity contribution in [2.24, 2.45) is 0 Å². The van der Waals surface area contributed by atoms with E-state index in [-0.39, 0.29) is 11.1 Å². The van der Waals surface area contributed by atoms with E-state index in [2.05, 4.69) is 0 Å². The monoisotopic (exact) mass is 316 g/mol. The van der Waals surface area contributed by atoms with Crippen LogP contribution in [0.5, 0.6) is 0 Å². The lowest BCUT2D eigenvalue weighted by molar-refractivity contribution is -0.133. The molecule has 0 unspecified atom stereocenters. The number of ether oxygens (including phenoxy) is 2. The van der Waals surface area contributed by atoms with Crippen LogP contribution in [-0.2, 0) is 19.1 Å². The topological polar surface area (TPSA) is 52.6 Å². The number of hydrogen-bond donors (Lipinski definition) is 0. The maximum absolute atomic E-state index is 12.2. The van der Waals surface area contributed by atoms with E-state index in [4.69, 9.17) is 9.47 Å². The fourth-order valence-corrected chi connectivity index (χ4v) is 2.61. The van der Waals surface area contributed by atoms with Crippen molar-refractivity contribution in [3.05, 3.63) is 95.1 Å². The van der Waals surface area contributed by atoms with Gasteiger partial charge < -0.3 is 9.47 Å². The van der Waals surface area contributed by atoms with Gasteiger partial charge in [0.05, 0.1) is 11.1 Å². The molecule has 2 heterocycles. The summed E-state index contributed by atoms with van der Waals surface area (Å²) in [6, 6.07) is 18.5. The van der Waals surface area contributed by atoms with Crippen LogP contribution in [0.15, 0.2) is 84.0 Å². The first-order valence-electron chi connectivity index (χ1n) is 7.45. The Balaban J connectivity index is 1.76. The normalized spacial score (nSPS) is 19.7. The van der Waals surface area contributed by atoms with Gasteiger partial charge in [0.1, 0.15) is 11.5 Å². The number of hydrogen-bond acceptors (Lipinski definition) is 4. The fraction of sp³-hybridized carbons (Fsp3) is 0. The molecule has 2 aliphatic rings. The lowest BCUT2D eigenvalue weighted by atomic mass is 10.1. The summed E-state index contributed by atoms with van der Waals surface area (Å²) in [5, 5.41) is 0. The Bertz CT molecular complexity index is 841. The first-order chi connectivity index (χ1) is 11.7. The SMILES string of the molecule is O=C1OC(c2ccccc2)=CC1=C1C=C(c2ccccc2)OC1=O. The molecule has 0 saturated carbocycles. The molecule has 0 fully saturated rings. The molecule has 0 atom stereocenters. The molecular weight excluding hydrogens is 304 g/mol. The van der Waals surface area contributed by atoms with E-state index in [1.54, 1.807) is 12.2 Å². The minimum Gasteiger partial charge on any atom is -0.422 e. The zero-order valence-electron chi connectivity index (χ0n) is 12.6. The van der Waals surface area contributed by atoms with Crippen LogP contribution in [-0.4, -0.2) is 11.9 Å². The van der Waals surface area contributed by atoms with Crippen molar-refractivity contribution < 1.29 is 19.1 Å². The molecule has 2 aromatic rings. The van der Waals surface area contributed by atoms with Crippen LogP contribution in [0.4, 0.5) is 0 Å². The summed E-state index contributed by atoms with van der Waals surface area (Å²) < 4.78 is 10.6. The lowest BCUT2D eigenvalue weighted by Gasteiger charge is -2.00. The molecule has 2 aliphatic heterocycles. The molecule has 0 bridgehead atoms. The summed E-state index contributed by atoms with van der Waals surface area (Å²) >= 11 is 0. The van der Waals surface area contributed by atoms with Gasteiger partial charge in [0, 0.05) is 11.1 Å². The van der Waals surface area contributed by atoms with Crippen molar-refractivity contribution in [2.45, 2.75) is 0 Å². The molecule has 0 spiro atoms. The van der Waals surface area contributed by atoms with Crippen LogP contribution in [0.1, 0.15) is 11.1 Å². The zero-order chi connectivity index (χ0) is 16.5. The van der Waals surface area contributed by atoms with Gasteiger partial charge >= 0.3 is 11.9 Å². The van der Waals surface area contributed by atoms with Crippen molar-refractivity contribution in [1.82, 2.24) is 0 Å². The standard InChI is InChI=1S/C20H12O4/c21-19-15(11-17(23-19)13-7-3-1-4-8-13)16-12-18(24-20(16)22)14-9-5-2-6-10-14/h1-12H. The summed E-state index contributed by atoms with van der Waals surface area (Å²) in [6.07, 6.45) is 3.16. The fourth-order valence-electron chi connectivity index (χ4n) is 2.61. The van der Waals surface area contributed by atoms with Crippen molar-refractivity contribution >= 4 is 23.5 Å². The zero-order valence-corrected chi connectivity index (χ0v) is 12.6. The van der Waals surface area contributed by atoms with Gasteiger partial charge in [-0.25, -0.2) is 9.59 Å². The summed E-state index contributed by atoms with van der Waals surface area (Å²) in [5.41, 5.74) is 1.98. The summed E-state index contributed by atoms with van der Waals surface area (Å²) in [4.78, 5) is 24.3. The highest BCUT2D eigenvalue weighted by Gasteiger charge is 2.32. The van der Waals surface area contributed by atoms with Gasteiger partial charge in [0.15, 0.2) is 0 Å². The molecule has 4 rings (SSSR count). The summed E-state index contributed by atoms with van der Waals surface area (Å²) in [5.74, 6) is -0.243. The number of carbonyl (C=O) groups excluding carboxylic acids is 2. The summed E-state index contributed by atoms with van der Waals surface area (Å²) in [7, 11) is 0. The molecule has 0 radical (unpaired) electrons. The predicted molar refractivity (Wildman–Crippen MR) is 88.0 cm³/mol. The third-order valence-corrected chi connectivity index (χ3v) is 3.80. The molecule has 0 saturated heterocycles. The van der Waals surface area contributed by atoms with E-state index in [0.29, 0.717) is 11.5 Å². The van der Waals surface area contributed by atoms with Crippen molar-refractivity contribution in [1.29, 1.82) is 0 Å². The van der Waals surface area contributed by atoms with Crippen molar-refractivity contribution in [3.8, 4) is 0 Å². The maximum atomic E-state index is 12.2. The Kier molecular flexibility index (Phi) is 3.35. The van der Waals surface area contributed by atoms with E-state index in [9.17, 15) is 9.59 Å². The van der Waals surface area contributed by atoms with E-state index in [1.807, 2.05) is 60.7 Å². The number of cyclic esters (lactones) is 2. The maximum Gasteiger partial charge on any atom is 0.344 e. The molecular formula is C20H12O4. The third-order valence-electron chi connectivity index (χ3n) is 3.80. The molecule has 24 heavy (non-hydrogen) atoms. The van der Waals surface area contributed by atoms with Crippen molar-refractivity contribution in [2.75, 3.05) is 0 Å². The Hall–Kier alpha value is -3.40. The first-order valence-corrected chi connectivity index (χ1v) is 7.45. The van der Waals surface area contributed by atoms with E-state index < -0.39 is 11.9 Å². The van der Waals surface area contributed by atoms with E-state index in [0.717, 1.165) is 11.1 Å². The largest absolute Gasteiger partial charge is 0.422 e. The highest BCUT2D eigenvalue weighted by atomic mass is 16.5. The number of esters is 2. The van der Waals surface area contributed by atoms with E-state index in [1.165, 1.54) is 0 Å². The molecule has 0 aromatic heterocycles. The van der Waals surface area contributed by atoms with E-state index >= 15 is 0 Å². The Labute approximate surface area is 138 Å². The second-order valence-corrected chi connectivity index (χ2v) is 5.36. The van der Waals surface area contributed by atoms with Crippen LogP contribution < -0.4 is 0 Å². The molecule has 4 nitrogen and oxygen atoms in total. The number of benzene rings is 2. The third kappa shape index (κ3) is 2.44. The van der Waals surface area contributed by atoms with Gasteiger partial charge in [-0.15, -0.1) is 0 Å². The Morgan fingerprint density at radius 3 is 1.29 bits per heavy atom. The Morgan fingerprint density at radius 2 is 0.917 bits per heavy atom. The molecule has 4 heteroatoms. The van der Waals surface area contributed by atoms with Crippen LogP contribution in [0.25, 0.3) is 11.5 Å². The van der Waals surface area contributed by atoms with Gasteiger partial charge in [0.2, 0.25) is 0 Å². The highest BCUT2D eigenvalue weighted by molar-refractivity contribution is 6.12. The molecule has 0 N–H and O–H groups in total. The molecule has 116 valence electrons. The number of rotatable bonds is 2. The summed E-state index contributed by atoms with van der Waals surface area (Å²) in [6.45, 7) is 0. The van der Waals surface area contributed by atoms with Crippen LogP contribution in [0, 0.1) is 0 Å². The minimum absolute atomic E-state index is 0.213. The smallest absolute Gasteiger partial charge is 0.344 e. The predicted octanol–water partition coefficient (Wildman–Crippen LogP) is 3.48.